The molecule has 0 heterocycles. The number of carbonyl (C=O) groups is 2. The van der Waals surface area contributed by atoms with Crippen molar-refractivity contribution >= 4 is 43.6 Å². The second-order valence-electron chi connectivity index (χ2n) is 3.01. The highest BCUT2D eigenvalue weighted by molar-refractivity contribution is 9.11. The topological polar surface area (TPSA) is 54.4 Å². The van der Waals surface area contributed by atoms with Crippen molar-refractivity contribution in [3.63, 3.8) is 0 Å². The summed E-state index contributed by atoms with van der Waals surface area (Å²) in [4.78, 5) is 21.4. The maximum absolute atomic E-state index is 11.2. The zero-order valence-corrected chi connectivity index (χ0v) is 11.0. The highest BCUT2D eigenvalue weighted by Gasteiger charge is 2.17. The van der Waals surface area contributed by atoms with Gasteiger partial charge in [-0.05, 0) is 30.7 Å². The van der Waals surface area contributed by atoms with E-state index in [4.69, 9.17) is 5.11 Å². The van der Waals surface area contributed by atoms with Crippen molar-refractivity contribution in [2.24, 2.45) is 0 Å². The number of carboxylic acid groups (broad SMARTS) is 1. The molecule has 0 saturated heterocycles. The summed E-state index contributed by atoms with van der Waals surface area (Å²) in [5.41, 5.74) is 0.793. The third-order valence-corrected chi connectivity index (χ3v) is 3.73. The van der Waals surface area contributed by atoms with Crippen molar-refractivity contribution in [2.45, 2.75) is 11.8 Å². The molecule has 0 aliphatic heterocycles. The van der Waals surface area contributed by atoms with Crippen molar-refractivity contribution in [1.29, 1.82) is 0 Å². The number of ketones is 1. The van der Waals surface area contributed by atoms with Gasteiger partial charge in [0.2, 0.25) is 0 Å². The monoisotopic (exact) mass is 334 g/mol. The molecule has 0 aliphatic rings. The first-order valence-electron chi connectivity index (χ1n) is 4.10. The zero-order valence-electron chi connectivity index (χ0n) is 7.83. The van der Waals surface area contributed by atoms with Crippen LogP contribution in [-0.4, -0.2) is 16.9 Å². The minimum atomic E-state index is -1.01. The molecule has 0 spiro atoms. The lowest BCUT2D eigenvalue weighted by Crippen LogP contribution is -2.04. The molecular weight excluding hydrogens is 328 g/mol. The largest absolute Gasteiger partial charge is 0.478 e. The van der Waals surface area contributed by atoms with Gasteiger partial charge in [-0.25, -0.2) is 4.79 Å². The number of rotatable bonds is 3. The van der Waals surface area contributed by atoms with Crippen molar-refractivity contribution in [1.82, 2.24) is 0 Å². The lowest BCUT2D eigenvalue weighted by atomic mass is 10.1. The second-order valence-corrected chi connectivity index (χ2v) is 4.78. The van der Waals surface area contributed by atoms with Crippen LogP contribution in [0, 0.1) is 0 Å². The van der Waals surface area contributed by atoms with Gasteiger partial charge in [0.1, 0.15) is 5.78 Å². The number of Topliss-reactive ketones (excluding diaryl/α,β-unsaturated/α-hetero) is 1. The van der Waals surface area contributed by atoms with Crippen molar-refractivity contribution < 1.29 is 14.7 Å². The van der Waals surface area contributed by atoms with Gasteiger partial charge < -0.3 is 5.11 Å². The molecule has 1 atom stereocenters. The Balaban J connectivity index is 3.22. The number of hydrogen-bond acceptors (Lipinski definition) is 2. The number of carbonyl (C=O) groups excluding carboxylic acids is 1. The molecule has 1 aromatic carbocycles. The van der Waals surface area contributed by atoms with E-state index in [0.717, 1.165) is 0 Å². The first-order chi connectivity index (χ1) is 6.93. The van der Waals surface area contributed by atoms with E-state index in [2.05, 4.69) is 31.9 Å². The van der Waals surface area contributed by atoms with Gasteiger partial charge in [-0.15, -0.1) is 0 Å². The molecule has 0 amide bonds. The van der Waals surface area contributed by atoms with Gasteiger partial charge in [-0.3, -0.25) is 4.79 Å². The Hall–Kier alpha value is -0.680. The molecule has 5 heteroatoms. The maximum atomic E-state index is 11.2. The van der Waals surface area contributed by atoms with Gasteiger partial charge in [0.15, 0.2) is 0 Å². The van der Waals surface area contributed by atoms with Gasteiger partial charge in [-0.1, -0.05) is 31.9 Å². The summed E-state index contributed by atoms with van der Waals surface area (Å²) in [6.07, 6.45) is 0. The maximum Gasteiger partial charge on any atom is 0.335 e. The van der Waals surface area contributed by atoms with Gasteiger partial charge in [0, 0.05) is 4.47 Å². The molecular formula is C10H8Br2O3. The molecule has 0 fully saturated rings. The van der Waals surface area contributed by atoms with E-state index < -0.39 is 10.8 Å². The third-order valence-electron chi connectivity index (χ3n) is 1.87. The van der Waals surface area contributed by atoms with Gasteiger partial charge in [-0.2, -0.15) is 0 Å². The highest BCUT2D eigenvalue weighted by atomic mass is 79.9. The summed E-state index contributed by atoms with van der Waals surface area (Å²) in [5.74, 6) is -1.08. The van der Waals surface area contributed by atoms with E-state index in [1.165, 1.54) is 19.1 Å². The summed E-state index contributed by atoms with van der Waals surface area (Å²) in [6, 6.07) is 4.58. The van der Waals surface area contributed by atoms with Crippen LogP contribution in [0.15, 0.2) is 22.7 Å². The minimum Gasteiger partial charge on any atom is -0.478 e. The molecule has 0 radical (unpaired) electrons. The zero-order chi connectivity index (χ0) is 11.6. The fraction of sp³-hybridized carbons (Fsp3) is 0.200. The minimum absolute atomic E-state index is 0.0711. The summed E-state index contributed by atoms with van der Waals surface area (Å²) in [5, 5.41) is 8.81. The van der Waals surface area contributed by atoms with Crippen molar-refractivity contribution in [3.05, 3.63) is 33.8 Å². The molecule has 80 valence electrons. The summed E-state index contributed by atoms with van der Waals surface area (Å²) in [6.45, 7) is 1.44. The number of aromatic carboxylic acids is 1. The fourth-order valence-corrected chi connectivity index (χ4v) is 2.25. The lowest BCUT2D eigenvalue weighted by Gasteiger charge is -2.09. The average Bonchev–Trinajstić information content (AvgIpc) is 2.16. The van der Waals surface area contributed by atoms with Crippen LogP contribution < -0.4 is 0 Å². The van der Waals surface area contributed by atoms with Crippen LogP contribution in [-0.2, 0) is 4.79 Å². The van der Waals surface area contributed by atoms with Crippen LogP contribution in [0.3, 0.4) is 0 Å². The Morgan fingerprint density at radius 2 is 2.00 bits per heavy atom. The Kier molecular flexibility index (Phi) is 4.04. The van der Waals surface area contributed by atoms with Crippen molar-refractivity contribution in [3.8, 4) is 0 Å². The highest BCUT2D eigenvalue weighted by Crippen LogP contribution is 2.31. The first kappa shape index (κ1) is 12.4. The predicted octanol–water partition coefficient (Wildman–Crippen LogP) is 3.17. The van der Waals surface area contributed by atoms with E-state index in [-0.39, 0.29) is 11.3 Å². The van der Waals surface area contributed by atoms with Crippen LogP contribution in [0.1, 0.15) is 27.7 Å². The number of alkyl halides is 1. The molecule has 3 nitrogen and oxygen atoms in total. The smallest absolute Gasteiger partial charge is 0.335 e. The molecule has 1 N–H and O–H groups in total. The van der Waals surface area contributed by atoms with Gasteiger partial charge in [0.05, 0.1) is 10.4 Å². The quantitative estimate of drug-likeness (QED) is 0.863. The Morgan fingerprint density at radius 1 is 1.40 bits per heavy atom. The molecule has 1 rings (SSSR count). The van der Waals surface area contributed by atoms with E-state index >= 15 is 0 Å². The average molecular weight is 336 g/mol. The van der Waals surface area contributed by atoms with Gasteiger partial charge >= 0.3 is 5.97 Å². The molecule has 0 aliphatic carbocycles. The Morgan fingerprint density at radius 3 is 2.47 bits per heavy atom. The standard InChI is InChI=1S/C10H8Br2O3/c1-5(13)9(12)7-4-6(10(14)15)2-3-8(7)11/h2-4,9H,1H3,(H,14,15). The Labute approximate surface area is 104 Å². The molecule has 1 aromatic rings. The SMILES string of the molecule is CC(=O)C(Br)c1cc(C(=O)O)ccc1Br. The van der Waals surface area contributed by atoms with Crippen LogP contribution in [0.25, 0.3) is 0 Å². The number of halogens is 2. The third kappa shape index (κ3) is 2.89. The van der Waals surface area contributed by atoms with E-state index in [1.807, 2.05) is 0 Å². The van der Waals surface area contributed by atoms with E-state index in [0.29, 0.717) is 10.0 Å². The molecule has 15 heavy (non-hydrogen) atoms. The normalized spacial score (nSPS) is 12.2. The molecule has 1 unspecified atom stereocenters. The predicted molar refractivity (Wildman–Crippen MR) is 63.5 cm³/mol. The molecule has 0 saturated carbocycles. The molecule has 0 aromatic heterocycles. The molecule has 0 bridgehead atoms. The van der Waals surface area contributed by atoms with Crippen molar-refractivity contribution in [2.75, 3.05) is 0 Å². The number of carboxylic acids is 1. The summed E-state index contributed by atoms with van der Waals surface area (Å²) in [7, 11) is 0. The second kappa shape index (κ2) is 4.90. The number of hydrogen-bond donors (Lipinski definition) is 1. The van der Waals surface area contributed by atoms with Crippen LogP contribution in [0.4, 0.5) is 0 Å². The summed E-state index contributed by atoms with van der Waals surface area (Å²) >= 11 is 6.49. The van der Waals surface area contributed by atoms with Gasteiger partial charge in [0.25, 0.3) is 0 Å². The summed E-state index contributed by atoms with van der Waals surface area (Å²) < 4.78 is 0.713. The van der Waals surface area contributed by atoms with E-state index in [9.17, 15) is 9.59 Å². The van der Waals surface area contributed by atoms with Crippen LogP contribution >= 0.6 is 31.9 Å². The van der Waals surface area contributed by atoms with E-state index in [1.54, 1.807) is 6.07 Å². The Bertz CT molecular complexity index is 415. The lowest BCUT2D eigenvalue weighted by molar-refractivity contribution is -0.116. The van der Waals surface area contributed by atoms with Crippen LogP contribution in [0.2, 0.25) is 0 Å². The number of benzene rings is 1. The first-order valence-corrected chi connectivity index (χ1v) is 5.81. The fourth-order valence-electron chi connectivity index (χ4n) is 1.09. The van der Waals surface area contributed by atoms with Crippen LogP contribution in [0.5, 0.6) is 0 Å².